The fourth-order valence-corrected chi connectivity index (χ4v) is 1.19. The van der Waals surface area contributed by atoms with E-state index in [1.807, 2.05) is 0 Å². The Morgan fingerprint density at radius 3 is 2.30 bits per heavy atom. The van der Waals surface area contributed by atoms with E-state index in [1.165, 1.54) is 0 Å². The van der Waals surface area contributed by atoms with Crippen LogP contribution in [0.4, 0.5) is 4.39 Å². The van der Waals surface area contributed by atoms with E-state index in [9.17, 15) is 4.39 Å². The van der Waals surface area contributed by atoms with Gasteiger partial charge in [0.2, 0.25) is 0 Å². The number of nitrogens with two attached hydrogens (primary N) is 1. The second-order valence-corrected chi connectivity index (χ2v) is 2.80. The smallest absolute Gasteiger partial charge is 0.100 e. The van der Waals surface area contributed by atoms with Crippen molar-refractivity contribution in [3.05, 3.63) is 0 Å². The van der Waals surface area contributed by atoms with Crippen molar-refractivity contribution in [1.82, 2.24) is 0 Å². The molecule has 0 heterocycles. The maximum Gasteiger partial charge on any atom is 0.100 e. The third-order valence-electron chi connectivity index (χ3n) is 1.85. The van der Waals surface area contributed by atoms with Gasteiger partial charge in [-0.1, -0.05) is 13.3 Å². The molecule has 0 aromatic carbocycles. The van der Waals surface area contributed by atoms with E-state index in [2.05, 4.69) is 6.92 Å². The monoisotopic (exact) mass is 147 g/mol. The van der Waals surface area contributed by atoms with Crippen molar-refractivity contribution in [2.75, 3.05) is 6.54 Å². The minimum Gasteiger partial charge on any atom is -0.330 e. The normalized spacial score (nSPS) is 16.8. The minimum absolute atomic E-state index is 0.190. The Balaban J connectivity index is 3.50. The zero-order valence-corrected chi connectivity index (χ0v) is 6.94. The van der Waals surface area contributed by atoms with E-state index >= 15 is 0 Å². The first-order valence-corrected chi connectivity index (χ1v) is 4.06. The van der Waals surface area contributed by atoms with Gasteiger partial charge in [0, 0.05) is 0 Å². The summed E-state index contributed by atoms with van der Waals surface area (Å²) < 4.78 is 12.7. The lowest BCUT2D eigenvalue weighted by Gasteiger charge is -2.15. The van der Waals surface area contributed by atoms with Crippen molar-refractivity contribution in [3.8, 4) is 0 Å². The van der Waals surface area contributed by atoms with Crippen molar-refractivity contribution in [1.29, 1.82) is 0 Å². The Hall–Kier alpha value is -0.110. The van der Waals surface area contributed by atoms with Gasteiger partial charge in [-0.25, -0.2) is 4.39 Å². The molecule has 0 radical (unpaired) electrons. The molecule has 2 heteroatoms. The van der Waals surface area contributed by atoms with Gasteiger partial charge in [0.15, 0.2) is 0 Å². The predicted octanol–water partition coefficient (Wildman–Crippen LogP) is 2.11. The van der Waals surface area contributed by atoms with E-state index in [-0.39, 0.29) is 5.92 Å². The lowest BCUT2D eigenvalue weighted by molar-refractivity contribution is 0.226. The highest BCUT2D eigenvalue weighted by atomic mass is 19.1. The molecule has 0 aliphatic rings. The fraction of sp³-hybridized carbons (Fsp3) is 1.00. The summed E-state index contributed by atoms with van der Waals surface area (Å²) in [6.07, 6.45) is 2.16. The van der Waals surface area contributed by atoms with Crippen LogP contribution in [0.25, 0.3) is 0 Å². The molecular formula is C8H18FN. The van der Waals surface area contributed by atoms with Gasteiger partial charge in [-0.05, 0) is 32.2 Å². The van der Waals surface area contributed by atoms with Crippen LogP contribution in [0.15, 0.2) is 0 Å². The summed E-state index contributed by atoms with van der Waals surface area (Å²) in [6, 6.07) is 0. The SMILES string of the molecule is CCCC(CCN)C(C)F. The molecule has 2 N–H and O–H groups in total. The zero-order valence-electron chi connectivity index (χ0n) is 6.94. The molecule has 0 fully saturated rings. The number of rotatable bonds is 5. The molecule has 0 bridgehead atoms. The molecular weight excluding hydrogens is 129 g/mol. The highest BCUT2D eigenvalue weighted by Crippen LogP contribution is 2.17. The highest BCUT2D eigenvalue weighted by molar-refractivity contribution is 4.64. The molecule has 0 aliphatic heterocycles. The van der Waals surface area contributed by atoms with Crippen LogP contribution >= 0.6 is 0 Å². The largest absolute Gasteiger partial charge is 0.330 e. The molecule has 2 atom stereocenters. The molecule has 0 rings (SSSR count). The van der Waals surface area contributed by atoms with Gasteiger partial charge in [-0.2, -0.15) is 0 Å². The van der Waals surface area contributed by atoms with Crippen LogP contribution in [-0.4, -0.2) is 12.7 Å². The van der Waals surface area contributed by atoms with E-state index in [4.69, 9.17) is 5.73 Å². The van der Waals surface area contributed by atoms with Crippen LogP contribution < -0.4 is 5.73 Å². The van der Waals surface area contributed by atoms with Crippen LogP contribution in [0.1, 0.15) is 33.1 Å². The molecule has 1 nitrogen and oxygen atoms in total. The Kier molecular flexibility index (Phi) is 5.60. The quantitative estimate of drug-likeness (QED) is 0.633. The molecule has 62 valence electrons. The molecule has 0 saturated heterocycles. The second-order valence-electron chi connectivity index (χ2n) is 2.80. The Morgan fingerprint density at radius 1 is 1.40 bits per heavy atom. The molecule has 0 aromatic heterocycles. The van der Waals surface area contributed by atoms with Crippen LogP contribution in [0.5, 0.6) is 0 Å². The number of halogens is 1. The summed E-state index contributed by atoms with van der Waals surface area (Å²) in [6.45, 7) is 4.31. The van der Waals surface area contributed by atoms with Crippen molar-refractivity contribution in [3.63, 3.8) is 0 Å². The van der Waals surface area contributed by atoms with Crippen molar-refractivity contribution in [2.24, 2.45) is 11.7 Å². The first-order chi connectivity index (χ1) is 4.72. The molecule has 0 spiro atoms. The summed E-state index contributed by atoms with van der Waals surface area (Å²) in [7, 11) is 0. The summed E-state index contributed by atoms with van der Waals surface area (Å²) in [5.41, 5.74) is 5.33. The fourth-order valence-electron chi connectivity index (χ4n) is 1.19. The van der Waals surface area contributed by atoms with E-state index in [1.54, 1.807) is 6.92 Å². The number of hydrogen-bond acceptors (Lipinski definition) is 1. The number of alkyl halides is 1. The van der Waals surface area contributed by atoms with Crippen LogP contribution in [-0.2, 0) is 0 Å². The van der Waals surface area contributed by atoms with Crippen LogP contribution in [0.2, 0.25) is 0 Å². The van der Waals surface area contributed by atoms with Gasteiger partial charge in [0.25, 0.3) is 0 Å². The maximum atomic E-state index is 12.7. The van der Waals surface area contributed by atoms with Crippen molar-refractivity contribution >= 4 is 0 Å². The topological polar surface area (TPSA) is 26.0 Å². The number of hydrogen-bond donors (Lipinski definition) is 1. The highest BCUT2D eigenvalue weighted by Gasteiger charge is 2.13. The molecule has 0 aromatic rings. The summed E-state index contributed by atoms with van der Waals surface area (Å²) in [5, 5.41) is 0. The molecule has 0 aliphatic carbocycles. The standard InChI is InChI=1S/C8H18FN/c1-3-4-8(5-6-10)7(2)9/h7-8H,3-6,10H2,1-2H3. The second kappa shape index (κ2) is 5.66. The third kappa shape index (κ3) is 3.83. The van der Waals surface area contributed by atoms with E-state index < -0.39 is 6.17 Å². The molecule has 10 heavy (non-hydrogen) atoms. The van der Waals surface area contributed by atoms with Gasteiger partial charge >= 0.3 is 0 Å². The summed E-state index contributed by atoms with van der Waals surface area (Å²) in [4.78, 5) is 0. The van der Waals surface area contributed by atoms with Gasteiger partial charge in [0.05, 0.1) is 0 Å². The average Bonchev–Trinajstić information content (AvgIpc) is 1.87. The predicted molar refractivity (Wildman–Crippen MR) is 42.6 cm³/mol. The molecule has 0 amide bonds. The lowest BCUT2D eigenvalue weighted by atomic mass is 9.96. The Morgan fingerprint density at radius 2 is 2.00 bits per heavy atom. The minimum atomic E-state index is -0.691. The lowest BCUT2D eigenvalue weighted by Crippen LogP contribution is -2.16. The third-order valence-corrected chi connectivity index (χ3v) is 1.85. The van der Waals surface area contributed by atoms with Crippen molar-refractivity contribution in [2.45, 2.75) is 39.3 Å². The Bertz CT molecular complexity index is 67.7. The maximum absolute atomic E-state index is 12.7. The van der Waals surface area contributed by atoms with E-state index in [0.717, 1.165) is 19.3 Å². The van der Waals surface area contributed by atoms with Crippen molar-refractivity contribution < 1.29 is 4.39 Å². The van der Waals surface area contributed by atoms with Gasteiger partial charge in [-0.15, -0.1) is 0 Å². The van der Waals surface area contributed by atoms with E-state index in [0.29, 0.717) is 6.54 Å². The van der Waals surface area contributed by atoms with Gasteiger partial charge < -0.3 is 5.73 Å². The van der Waals surface area contributed by atoms with Crippen LogP contribution in [0, 0.1) is 5.92 Å². The van der Waals surface area contributed by atoms with Gasteiger partial charge in [0.1, 0.15) is 6.17 Å². The van der Waals surface area contributed by atoms with Crippen LogP contribution in [0.3, 0.4) is 0 Å². The molecule has 2 unspecified atom stereocenters. The first-order valence-electron chi connectivity index (χ1n) is 4.06. The molecule has 0 saturated carbocycles. The Labute approximate surface area is 62.8 Å². The first kappa shape index (κ1) is 9.89. The van der Waals surface area contributed by atoms with Gasteiger partial charge in [-0.3, -0.25) is 0 Å². The average molecular weight is 147 g/mol. The summed E-state index contributed by atoms with van der Waals surface area (Å²) in [5.74, 6) is 0.190. The zero-order chi connectivity index (χ0) is 7.98. The summed E-state index contributed by atoms with van der Waals surface area (Å²) >= 11 is 0.